The van der Waals surface area contributed by atoms with E-state index in [1.54, 1.807) is 14.2 Å². The van der Waals surface area contributed by atoms with Gasteiger partial charge in [-0.15, -0.1) is 0 Å². The second kappa shape index (κ2) is 15.0. The summed E-state index contributed by atoms with van der Waals surface area (Å²) in [6.07, 6.45) is 13.0. The van der Waals surface area contributed by atoms with Crippen molar-refractivity contribution < 1.29 is 24.1 Å². The van der Waals surface area contributed by atoms with Crippen molar-refractivity contribution in [3.8, 4) is 45.3 Å². The highest BCUT2D eigenvalue weighted by molar-refractivity contribution is 6.10. The molecule has 6 aromatic carbocycles. The first-order valence-corrected chi connectivity index (χ1v) is 20.4. The van der Waals surface area contributed by atoms with Crippen molar-refractivity contribution in [3.63, 3.8) is 0 Å². The van der Waals surface area contributed by atoms with Crippen LogP contribution < -0.4 is 23.8 Å². The van der Waals surface area contributed by atoms with Gasteiger partial charge in [0.2, 0.25) is 0 Å². The Morgan fingerprint density at radius 3 is 2.02 bits per heavy atom. The number of nitrogens with zero attached hydrogens (tertiary/aromatic N) is 1. The Morgan fingerprint density at radius 1 is 0.702 bits per heavy atom. The molecule has 1 atom stereocenters. The average molecular weight is 758 g/mol. The van der Waals surface area contributed by atoms with Crippen molar-refractivity contribution in [2.24, 2.45) is 0 Å². The standard InChI is InChI=1S/C51H51NO5/c1-52(2)37-20-14-34(15-21-37)42-32-44-43(33-46(42)55-4)47-40-12-8-9-13-45(40)50(27-10-6-5-7-11-28-50)48(47)41-26-29-51(57-49(41)44,35-16-22-38(54-3)23-17-35)36-18-24-39(25-19-36)56-31-30-53/h8-9,12-26,29,32-33,53H,5-7,10-11,27-28,30-31H2,1-4H3. The van der Waals surface area contributed by atoms with Crippen molar-refractivity contribution >= 4 is 22.5 Å². The smallest absolute Gasteiger partial charge is 0.178 e. The SMILES string of the molecule is COc1ccc(C2(c3ccc(OCCO)cc3)C=Cc3c4c(c5cc(OC)c(-c6ccc(N(C)C)cc6)cc5c3O2)-c2ccccc2C42CCCCCCC2)cc1. The van der Waals surface area contributed by atoms with Crippen LogP contribution in [0.25, 0.3) is 39.1 Å². The van der Waals surface area contributed by atoms with Gasteiger partial charge < -0.3 is 29.0 Å². The molecular formula is C51H51NO5. The van der Waals surface area contributed by atoms with E-state index in [-0.39, 0.29) is 18.6 Å². The van der Waals surface area contributed by atoms with Crippen LogP contribution in [0.3, 0.4) is 0 Å². The topological polar surface area (TPSA) is 60.4 Å². The number of hydrogen-bond acceptors (Lipinski definition) is 6. The van der Waals surface area contributed by atoms with Gasteiger partial charge in [-0.25, -0.2) is 0 Å². The molecule has 290 valence electrons. The quantitative estimate of drug-likeness (QED) is 0.158. The summed E-state index contributed by atoms with van der Waals surface area (Å²) >= 11 is 0. The lowest BCUT2D eigenvalue weighted by molar-refractivity contribution is 0.162. The third kappa shape index (κ3) is 6.13. The van der Waals surface area contributed by atoms with Gasteiger partial charge in [-0.2, -0.15) is 0 Å². The van der Waals surface area contributed by atoms with Gasteiger partial charge in [-0.3, -0.25) is 0 Å². The summed E-state index contributed by atoms with van der Waals surface area (Å²) in [7, 11) is 7.60. The van der Waals surface area contributed by atoms with Gasteiger partial charge in [0.1, 0.15) is 29.6 Å². The fourth-order valence-electron chi connectivity index (χ4n) is 9.84. The van der Waals surface area contributed by atoms with Crippen molar-refractivity contribution in [2.75, 3.05) is 46.4 Å². The van der Waals surface area contributed by atoms with Gasteiger partial charge in [0.15, 0.2) is 5.60 Å². The number of aliphatic hydroxyl groups excluding tert-OH is 1. The summed E-state index contributed by atoms with van der Waals surface area (Å²) in [6.45, 7) is 0.188. The second-order valence-corrected chi connectivity index (χ2v) is 15.9. The largest absolute Gasteiger partial charge is 0.497 e. The average Bonchev–Trinajstić information content (AvgIpc) is 3.54. The van der Waals surface area contributed by atoms with Crippen LogP contribution in [-0.2, 0) is 11.0 Å². The Balaban J connectivity index is 1.35. The van der Waals surface area contributed by atoms with Crippen molar-refractivity contribution in [1.29, 1.82) is 0 Å². The zero-order valence-corrected chi connectivity index (χ0v) is 33.4. The number of hydrogen-bond donors (Lipinski definition) is 1. The lowest BCUT2D eigenvalue weighted by Gasteiger charge is -2.40. The molecule has 0 aromatic heterocycles. The molecule has 6 heteroatoms. The van der Waals surface area contributed by atoms with Crippen LogP contribution >= 0.6 is 0 Å². The molecule has 6 aromatic rings. The van der Waals surface area contributed by atoms with Gasteiger partial charge in [0, 0.05) is 52.8 Å². The highest BCUT2D eigenvalue weighted by Crippen LogP contribution is 2.62. The highest BCUT2D eigenvalue weighted by atomic mass is 16.5. The third-order valence-corrected chi connectivity index (χ3v) is 12.6. The molecule has 6 nitrogen and oxygen atoms in total. The lowest BCUT2D eigenvalue weighted by Crippen LogP contribution is -2.35. The van der Waals surface area contributed by atoms with Gasteiger partial charge in [0.25, 0.3) is 0 Å². The molecule has 1 N–H and O–H groups in total. The summed E-state index contributed by atoms with van der Waals surface area (Å²) in [4.78, 5) is 2.12. The molecule has 3 aliphatic rings. The van der Waals surface area contributed by atoms with E-state index in [4.69, 9.17) is 18.9 Å². The molecule has 0 amide bonds. The fourth-order valence-corrected chi connectivity index (χ4v) is 9.84. The first-order valence-electron chi connectivity index (χ1n) is 20.4. The Hall–Kier alpha value is -5.72. The summed E-state index contributed by atoms with van der Waals surface area (Å²) in [5, 5.41) is 11.6. The monoisotopic (exact) mass is 757 g/mol. The molecule has 57 heavy (non-hydrogen) atoms. The van der Waals surface area contributed by atoms with E-state index in [9.17, 15) is 5.11 Å². The van der Waals surface area contributed by atoms with E-state index >= 15 is 0 Å². The third-order valence-electron chi connectivity index (χ3n) is 12.6. The van der Waals surface area contributed by atoms with Gasteiger partial charge >= 0.3 is 0 Å². The number of aliphatic hydroxyl groups is 1. The Labute approximate surface area is 336 Å². The van der Waals surface area contributed by atoms with E-state index in [0.29, 0.717) is 5.75 Å². The number of rotatable bonds is 9. The molecule has 0 radical (unpaired) electrons. The molecular weight excluding hydrogens is 707 g/mol. The Morgan fingerprint density at radius 2 is 1.37 bits per heavy atom. The molecule has 1 heterocycles. The van der Waals surface area contributed by atoms with Gasteiger partial charge in [0.05, 0.1) is 20.8 Å². The Kier molecular flexibility index (Phi) is 9.70. The summed E-state index contributed by atoms with van der Waals surface area (Å²) in [5.41, 5.74) is 10.7. The van der Waals surface area contributed by atoms with Crippen LogP contribution in [0.2, 0.25) is 0 Å². The number of methoxy groups -OCH3 is 2. The molecule has 1 unspecified atom stereocenters. The van der Waals surface area contributed by atoms with Gasteiger partial charge in [-0.05, 0) is 101 Å². The summed E-state index contributed by atoms with van der Waals surface area (Å²) < 4.78 is 25.5. The van der Waals surface area contributed by atoms with Gasteiger partial charge in [-0.1, -0.05) is 98.8 Å². The van der Waals surface area contributed by atoms with E-state index in [1.807, 2.05) is 24.3 Å². The summed E-state index contributed by atoms with van der Waals surface area (Å²) in [5.74, 6) is 3.20. The zero-order chi connectivity index (χ0) is 39.1. The molecule has 1 aliphatic heterocycles. The molecule has 1 spiro atoms. The molecule has 9 rings (SSSR count). The van der Waals surface area contributed by atoms with E-state index in [0.717, 1.165) is 68.8 Å². The van der Waals surface area contributed by atoms with Crippen LogP contribution in [0.4, 0.5) is 5.69 Å². The number of ether oxygens (including phenoxy) is 4. The predicted octanol–water partition coefficient (Wildman–Crippen LogP) is 11.3. The molecule has 1 saturated carbocycles. The molecule has 2 aliphatic carbocycles. The predicted molar refractivity (Wildman–Crippen MR) is 231 cm³/mol. The van der Waals surface area contributed by atoms with Crippen LogP contribution in [0.1, 0.15) is 72.8 Å². The highest BCUT2D eigenvalue weighted by Gasteiger charge is 2.48. The maximum atomic E-state index is 9.43. The van der Waals surface area contributed by atoms with Crippen LogP contribution in [-0.4, -0.2) is 46.6 Å². The van der Waals surface area contributed by atoms with Crippen LogP contribution in [0.15, 0.2) is 115 Å². The van der Waals surface area contributed by atoms with Crippen molar-refractivity contribution in [1.82, 2.24) is 0 Å². The first-order chi connectivity index (χ1) is 27.9. The minimum atomic E-state index is -0.969. The molecule has 0 saturated heterocycles. The van der Waals surface area contributed by atoms with E-state index in [2.05, 4.69) is 116 Å². The van der Waals surface area contributed by atoms with Crippen molar-refractivity contribution in [3.05, 3.63) is 143 Å². The summed E-state index contributed by atoms with van der Waals surface area (Å²) in [6, 6.07) is 38.7. The number of anilines is 1. The fraction of sp³-hybridized carbons (Fsp3) is 0.294. The van der Waals surface area contributed by atoms with E-state index < -0.39 is 5.60 Å². The number of benzene rings is 6. The lowest BCUT2D eigenvalue weighted by atomic mass is 9.67. The van der Waals surface area contributed by atoms with E-state index in [1.165, 1.54) is 59.9 Å². The maximum absolute atomic E-state index is 9.43. The van der Waals surface area contributed by atoms with Crippen LogP contribution in [0, 0.1) is 0 Å². The minimum Gasteiger partial charge on any atom is -0.497 e. The zero-order valence-electron chi connectivity index (χ0n) is 33.4. The molecule has 0 bridgehead atoms. The normalized spacial score (nSPS) is 17.8. The number of fused-ring (bicyclic) bond motifs is 10. The molecule has 1 fully saturated rings. The Bertz CT molecular complexity index is 2440. The second-order valence-electron chi connectivity index (χ2n) is 15.9. The maximum Gasteiger partial charge on any atom is 0.178 e. The minimum absolute atomic E-state index is 0.0461. The van der Waals surface area contributed by atoms with Crippen LogP contribution in [0.5, 0.6) is 23.0 Å². The van der Waals surface area contributed by atoms with Crippen molar-refractivity contribution in [2.45, 2.75) is 56.0 Å². The first kappa shape index (κ1) is 36.9.